The minimum atomic E-state index is -0.263. The third kappa shape index (κ3) is 4.06. The van der Waals surface area contributed by atoms with E-state index < -0.39 is 0 Å². The first-order chi connectivity index (χ1) is 13.9. The van der Waals surface area contributed by atoms with Crippen molar-refractivity contribution < 1.29 is 9.21 Å². The molecule has 8 heteroatoms. The van der Waals surface area contributed by atoms with E-state index in [0.717, 1.165) is 15.2 Å². The lowest BCUT2D eigenvalue weighted by molar-refractivity contribution is 0.0947. The topological polar surface area (TPSA) is 73.0 Å². The maximum Gasteiger partial charge on any atom is 0.256 e. The van der Waals surface area contributed by atoms with Crippen molar-refractivity contribution >= 4 is 39.1 Å². The first-order valence-corrected chi connectivity index (χ1v) is 10.6. The molecule has 0 aliphatic heterocycles. The van der Waals surface area contributed by atoms with E-state index in [1.807, 2.05) is 36.4 Å². The number of hydrogen-bond donors (Lipinski definition) is 1. The highest BCUT2D eigenvalue weighted by Gasteiger charge is 2.21. The second-order valence-corrected chi connectivity index (χ2v) is 8.65. The fraction of sp³-hybridized carbons (Fsp3) is 0.286. The number of aromatic nitrogens is 3. The summed E-state index contributed by atoms with van der Waals surface area (Å²) in [4.78, 5) is 17.2. The van der Waals surface area contributed by atoms with Crippen LogP contribution in [0, 0.1) is 12.8 Å². The Morgan fingerprint density at radius 1 is 1.28 bits per heavy atom. The van der Waals surface area contributed by atoms with Crippen molar-refractivity contribution in [3.63, 3.8) is 0 Å². The van der Waals surface area contributed by atoms with Gasteiger partial charge in [0, 0.05) is 6.54 Å². The highest BCUT2D eigenvalue weighted by molar-refractivity contribution is 7.21. The van der Waals surface area contributed by atoms with Gasteiger partial charge < -0.3 is 9.73 Å². The van der Waals surface area contributed by atoms with E-state index in [2.05, 4.69) is 29.2 Å². The zero-order valence-corrected chi connectivity index (χ0v) is 18.0. The Labute approximate surface area is 177 Å². The fourth-order valence-electron chi connectivity index (χ4n) is 3.10. The number of aryl methyl sites for hydroxylation is 1. The number of halogens is 1. The highest BCUT2D eigenvalue weighted by Crippen LogP contribution is 2.31. The first-order valence-electron chi connectivity index (χ1n) is 9.38. The summed E-state index contributed by atoms with van der Waals surface area (Å²) in [5.74, 6) is 1.46. The van der Waals surface area contributed by atoms with Crippen LogP contribution < -0.4 is 5.32 Å². The van der Waals surface area contributed by atoms with E-state index in [9.17, 15) is 4.79 Å². The van der Waals surface area contributed by atoms with Crippen LogP contribution in [0.1, 0.15) is 35.7 Å². The molecule has 3 aromatic heterocycles. The van der Waals surface area contributed by atoms with E-state index in [1.54, 1.807) is 22.9 Å². The lowest BCUT2D eigenvalue weighted by Crippen LogP contribution is -2.23. The Bertz CT molecular complexity index is 1140. The number of amides is 1. The summed E-state index contributed by atoms with van der Waals surface area (Å²) < 4.78 is 8.67. The molecule has 29 heavy (non-hydrogen) atoms. The molecule has 3 heterocycles. The summed E-state index contributed by atoms with van der Waals surface area (Å²) in [7, 11) is 0. The molecular weight excluding hydrogens is 408 g/mol. The Morgan fingerprint density at radius 2 is 2.07 bits per heavy atom. The zero-order valence-electron chi connectivity index (χ0n) is 16.4. The summed E-state index contributed by atoms with van der Waals surface area (Å²) in [6.45, 7) is 6.86. The zero-order chi connectivity index (χ0) is 20.5. The van der Waals surface area contributed by atoms with Gasteiger partial charge in [-0.25, -0.2) is 4.98 Å². The van der Waals surface area contributed by atoms with Gasteiger partial charge in [-0.1, -0.05) is 37.6 Å². The number of carbonyl (C=O) groups excluding carboxylic acids is 1. The van der Waals surface area contributed by atoms with Crippen LogP contribution in [0.3, 0.4) is 0 Å². The predicted octanol–water partition coefficient (Wildman–Crippen LogP) is 5.30. The molecule has 0 saturated heterocycles. The van der Waals surface area contributed by atoms with Gasteiger partial charge in [-0.15, -0.1) is 11.3 Å². The highest BCUT2D eigenvalue weighted by atomic mass is 35.5. The summed E-state index contributed by atoms with van der Waals surface area (Å²) in [6, 6.07) is 11.7. The summed E-state index contributed by atoms with van der Waals surface area (Å²) in [5.41, 5.74) is 1.97. The predicted molar refractivity (Wildman–Crippen MR) is 115 cm³/mol. The molecule has 0 aliphatic carbocycles. The molecule has 0 radical (unpaired) electrons. The fourth-order valence-corrected chi connectivity index (χ4v) is 4.36. The Kier molecular flexibility index (Phi) is 5.43. The van der Waals surface area contributed by atoms with Crippen molar-refractivity contribution in [3.8, 4) is 10.8 Å². The van der Waals surface area contributed by atoms with Crippen LogP contribution >= 0.6 is 22.9 Å². The molecule has 4 aromatic rings. The second kappa shape index (κ2) is 8.00. The van der Waals surface area contributed by atoms with Crippen LogP contribution in [0.5, 0.6) is 0 Å². The number of benzene rings is 1. The number of thiazole rings is 1. The van der Waals surface area contributed by atoms with Crippen LogP contribution in [0.15, 0.2) is 40.8 Å². The molecule has 6 nitrogen and oxygen atoms in total. The van der Waals surface area contributed by atoms with Crippen LogP contribution in [-0.4, -0.2) is 20.7 Å². The molecule has 0 atom stereocenters. The quantitative estimate of drug-likeness (QED) is 0.452. The SMILES string of the molecule is Cc1nn(CC(C)C)c(Cl)c1C(=O)NCc1ccc(-c2nc3ccccc3s2)o1. The van der Waals surface area contributed by atoms with Gasteiger partial charge in [0.25, 0.3) is 5.91 Å². The van der Waals surface area contributed by atoms with E-state index in [1.165, 1.54) is 0 Å². The van der Waals surface area contributed by atoms with Crippen LogP contribution in [0.4, 0.5) is 0 Å². The largest absolute Gasteiger partial charge is 0.457 e. The second-order valence-electron chi connectivity index (χ2n) is 7.26. The van der Waals surface area contributed by atoms with Crippen molar-refractivity contribution in [1.82, 2.24) is 20.1 Å². The lowest BCUT2D eigenvalue weighted by atomic mass is 10.2. The maximum absolute atomic E-state index is 12.7. The molecule has 0 bridgehead atoms. The number of carbonyl (C=O) groups is 1. The van der Waals surface area contributed by atoms with Gasteiger partial charge in [-0.05, 0) is 37.1 Å². The molecule has 1 N–H and O–H groups in total. The normalized spacial score (nSPS) is 11.5. The van der Waals surface area contributed by atoms with Crippen LogP contribution in [-0.2, 0) is 13.1 Å². The number of furan rings is 1. The molecule has 1 amide bonds. The number of rotatable bonds is 6. The van der Waals surface area contributed by atoms with Crippen molar-refractivity contribution in [3.05, 3.63) is 58.6 Å². The first kappa shape index (κ1) is 19.7. The molecule has 1 aromatic carbocycles. The number of hydrogen-bond acceptors (Lipinski definition) is 5. The number of nitrogens with zero attached hydrogens (tertiary/aromatic N) is 3. The Hall–Kier alpha value is -2.64. The van der Waals surface area contributed by atoms with Gasteiger partial charge >= 0.3 is 0 Å². The van der Waals surface area contributed by atoms with Gasteiger partial charge in [0.15, 0.2) is 10.8 Å². The molecule has 150 valence electrons. The average molecular weight is 429 g/mol. The molecule has 4 rings (SSSR count). The van der Waals surface area contributed by atoms with E-state index >= 15 is 0 Å². The molecule has 0 unspecified atom stereocenters. The van der Waals surface area contributed by atoms with Gasteiger partial charge in [0.05, 0.1) is 28.0 Å². The molecule has 0 aliphatic rings. The summed E-state index contributed by atoms with van der Waals surface area (Å²) in [5, 5.41) is 8.43. The Balaban J connectivity index is 1.46. The van der Waals surface area contributed by atoms with Gasteiger partial charge in [0.1, 0.15) is 10.9 Å². The van der Waals surface area contributed by atoms with Crippen molar-refractivity contribution in [2.75, 3.05) is 0 Å². The van der Waals surface area contributed by atoms with Crippen molar-refractivity contribution in [2.45, 2.75) is 33.9 Å². The third-order valence-corrected chi connectivity index (χ3v) is 5.86. The average Bonchev–Trinajstić information content (AvgIpc) is 3.37. The number of para-hydroxylation sites is 1. The third-order valence-electron chi connectivity index (χ3n) is 4.42. The van der Waals surface area contributed by atoms with Gasteiger partial charge in [-0.3, -0.25) is 9.48 Å². The molecule has 0 spiro atoms. The Morgan fingerprint density at radius 3 is 2.83 bits per heavy atom. The van der Waals surface area contributed by atoms with Crippen molar-refractivity contribution in [1.29, 1.82) is 0 Å². The summed E-state index contributed by atoms with van der Waals surface area (Å²) in [6.07, 6.45) is 0. The molecule has 0 saturated carbocycles. The minimum absolute atomic E-state index is 0.259. The van der Waals surface area contributed by atoms with Crippen LogP contribution in [0.25, 0.3) is 21.0 Å². The van der Waals surface area contributed by atoms with E-state index in [0.29, 0.717) is 40.4 Å². The standard InChI is InChI=1S/C21H21ClN4O2S/c1-12(2)11-26-19(22)18(13(3)25-26)20(27)23-10-14-8-9-16(28-14)21-24-15-6-4-5-7-17(15)29-21/h4-9,12H,10-11H2,1-3H3,(H,23,27). The van der Waals surface area contributed by atoms with Gasteiger partial charge in [-0.2, -0.15) is 5.10 Å². The molecule has 0 fully saturated rings. The minimum Gasteiger partial charge on any atom is -0.457 e. The molecular formula is C21H21ClN4O2S. The van der Waals surface area contributed by atoms with Crippen molar-refractivity contribution in [2.24, 2.45) is 5.92 Å². The number of nitrogens with one attached hydrogen (secondary N) is 1. The smallest absolute Gasteiger partial charge is 0.256 e. The number of fused-ring (bicyclic) bond motifs is 1. The maximum atomic E-state index is 12.7. The van der Waals surface area contributed by atoms with E-state index in [-0.39, 0.29) is 12.5 Å². The summed E-state index contributed by atoms with van der Waals surface area (Å²) >= 11 is 7.96. The monoisotopic (exact) mass is 428 g/mol. The van der Waals surface area contributed by atoms with E-state index in [4.69, 9.17) is 16.0 Å². The lowest BCUT2D eigenvalue weighted by Gasteiger charge is -2.06. The van der Waals surface area contributed by atoms with Gasteiger partial charge in [0.2, 0.25) is 0 Å². The van der Waals surface area contributed by atoms with Crippen LogP contribution in [0.2, 0.25) is 5.15 Å².